The largest absolute Gasteiger partial charge is 1.00 e. The Balaban J connectivity index is 0.00000963. The first kappa shape index (κ1) is 69.9. The minimum Gasteiger partial charge on any atom is -1.00 e. The highest BCUT2D eigenvalue weighted by Gasteiger charge is 2.54. The van der Waals surface area contributed by atoms with E-state index >= 15 is 0 Å². The van der Waals surface area contributed by atoms with Gasteiger partial charge in [0.25, 0.3) is 0 Å². The van der Waals surface area contributed by atoms with Crippen LogP contribution in [0.4, 0.5) is 11.4 Å². The number of halogens is 2. The Morgan fingerprint density at radius 2 is 0.773 bits per heavy atom. The molecule has 1 aromatic heterocycles. The topological polar surface area (TPSA) is 55.9 Å². The first-order valence-electron chi connectivity index (χ1n) is 31.8. The van der Waals surface area contributed by atoms with Gasteiger partial charge in [0.1, 0.15) is 16.1 Å². The second-order valence-electron chi connectivity index (χ2n) is 24.9. The summed E-state index contributed by atoms with van der Waals surface area (Å²) < 4.78 is 3.92. The normalized spacial score (nSPS) is 12.2. The van der Waals surface area contributed by atoms with Crippen LogP contribution in [0.15, 0.2) is 66.7 Å². The van der Waals surface area contributed by atoms with Gasteiger partial charge >= 0.3 is 0 Å². The van der Waals surface area contributed by atoms with Crippen LogP contribution < -0.4 is 64.0 Å². The number of nitrogens with two attached hydrogens (primary N) is 2. The third-order valence-electron chi connectivity index (χ3n) is 17.8. The van der Waals surface area contributed by atoms with E-state index < -0.39 is 16.1 Å². The molecule has 4 N–H and O–H groups in total. The fourth-order valence-corrected chi connectivity index (χ4v) is 30.2. The molecule has 4 rings (SSSR count). The summed E-state index contributed by atoms with van der Waals surface area (Å²) in [7, 11) is -3.31. The summed E-state index contributed by atoms with van der Waals surface area (Å²) in [5.41, 5.74) is 18.6. The molecule has 0 spiro atoms. The van der Waals surface area contributed by atoms with Crippen LogP contribution in [0.2, 0.25) is 38.3 Å². The maximum Gasteiger partial charge on any atom is 0.220 e. The Morgan fingerprint density at radius 1 is 0.413 bits per heavy atom. The lowest BCUT2D eigenvalue weighted by atomic mass is 9.98. The van der Waals surface area contributed by atoms with Gasteiger partial charge in [-0.3, -0.25) is 0 Å². The molecule has 0 aliphatic heterocycles. The lowest BCUT2D eigenvalue weighted by Gasteiger charge is -2.55. The van der Waals surface area contributed by atoms with Crippen molar-refractivity contribution in [1.82, 2.24) is 0 Å². The molecule has 0 aliphatic carbocycles. The van der Waals surface area contributed by atoms with Crippen LogP contribution in [-0.4, -0.2) is 45.6 Å². The molecular weight excluding hydrogens is 1170 g/mol. The van der Waals surface area contributed by atoms with Gasteiger partial charge in [0, 0.05) is 28.4 Å². The van der Waals surface area contributed by atoms with Crippen molar-refractivity contribution >= 4 is 49.2 Å². The Hall–Kier alpha value is -1.22. The number of hydrogen-bond donors (Lipinski definition) is 2. The summed E-state index contributed by atoms with van der Waals surface area (Å²) in [6.45, 7) is 25.9. The van der Waals surface area contributed by atoms with Gasteiger partial charge in [0.15, 0.2) is 6.54 Å². The van der Waals surface area contributed by atoms with Crippen molar-refractivity contribution in [3.63, 3.8) is 0 Å². The highest BCUT2D eigenvalue weighted by atomic mass is 127. The van der Waals surface area contributed by atoms with E-state index in [1.165, 1.54) is 275 Å². The minimum atomic E-state index is -1.65. The van der Waals surface area contributed by atoms with Gasteiger partial charge in [-0.15, -0.1) is 0 Å². The van der Waals surface area contributed by atoms with Crippen LogP contribution >= 0.6 is 0 Å². The van der Waals surface area contributed by atoms with Crippen molar-refractivity contribution in [2.75, 3.05) is 31.1 Å². The van der Waals surface area contributed by atoms with E-state index in [1.54, 1.807) is 0 Å². The zero-order valence-corrected chi connectivity index (χ0v) is 56.6. The van der Waals surface area contributed by atoms with E-state index in [9.17, 15) is 0 Å². The Bertz CT molecular complexity index is 2010. The number of rotatable bonds is 44. The molecule has 0 amide bonds. The summed E-state index contributed by atoms with van der Waals surface area (Å²) >= 11 is 0. The van der Waals surface area contributed by atoms with Crippen molar-refractivity contribution < 1.29 is 57.0 Å². The molecule has 0 saturated heterocycles. The number of benzene rings is 3. The van der Waals surface area contributed by atoms with Crippen LogP contribution in [-0.2, 0) is 6.54 Å². The molecule has 4 aromatic rings. The van der Waals surface area contributed by atoms with E-state index in [-0.39, 0.29) is 48.0 Å². The number of hydrogen-bond acceptors (Lipinski definition) is 2. The lowest BCUT2D eigenvalue weighted by Crippen LogP contribution is -3.00. The number of aromatic nitrogens is 1. The summed E-state index contributed by atoms with van der Waals surface area (Å²) in [6.07, 6.45) is 47.3. The van der Waals surface area contributed by atoms with Crippen molar-refractivity contribution in [2.45, 2.75) is 290 Å². The number of anilines is 2. The predicted molar refractivity (Wildman–Crippen MR) is 334 cm³/mol. The van der Waals surface area contributed by atoms with Gasteiger partial charge in [-0.25, -0.2) is 0 Å². The van der Waals surface area contributed by atoms with E-state index in [2.05, 4.69) is 125 Å². The summed E-state index contributed by atoms with van der Waals surface area (Å²) in [6, 6.07) is 27.1. The molecular formula is C67H118I2N4Si2. The maximum absolute atomic E-state index is 6.63. The summed E-state index contributed by atoms with van der Waals surface area (Å²) in [5, 5.41) is 4.58. The number of nitrogens with zero attached hydrogens (tertiary/aromatic N) is 2. The molecule has 0 unspecified atom stereocenters. The highest BCUT2D eigenvalue weighted by molar-refractivity contribution is 6.97. The SMILES string of the molecule is CCCCCCCCCCCCCCCCCC[Si](C)(C)C([N+](CC)(CC)CCC[n+]1c(-c2ccccc2)c2cc(N)ccc2c2ccc(N)cc21)[Si](C)(C)CCCCCCCCCCCCCCCCCC.[I-].[I-]. The fourth-order valence-electron chi connectivity index (χ4n) is 14.0. The van der Waals surface area contributed by atoms with E-state index in [0.717, 1.165) is 29.6 Å². The lowest BCUT2D eigenvalue weighted by molar-refractivity contribution is -0.929. The van der Waals surface area contributed by atoms with Crippen LogP contribution in [0.1, 0.15) is 240 Å². The van der Waals surface area contributed by atoms with Crippen molar-refractivity contribution in [3.05, 3.63) is 66.7 Å². The average molecular weight is 1290 g/mol. The predicted octanol–water partition coefficient (Wildman–Crippen LogP) is 14.8. The molecule has 0 bridgehead atoms. The molecule has 8 heteroatoms. The number of quaternary nitrogens is 1. The van der Waals surface area contributed by atoms with Crippen LogP contribution in [0.5, 0.6) is 0 Å². The monoisotopic (exact) mass is 1290 g/mol. The molecule has 1 heterocycles. The highest BCUT2D eigenvalue weighted by Crippen LogP contribution is 2.39. The quantitative estimate of drug-likeness (QED) is 0.00882. The van der Waals surface area contributed by atoms with Gasteiger partial charge in [0.05, 0.1) is 42.1 Å². The van der Waals surface area contributed by atoms with Crippen molar-refractivity contribution in [2.24, 2.45) is 0 Å². The molecule has 0 atom stereocenters. The van der Waals surface area contributed by atoms with Crippen molar-refractivity contribution in [3.8, 4) is 11.3 Å². The zero-order chi connectivity index (χ0) is 52.6. The Morgan fingerprint density at radius 3 is 1.16 bits per heavy atom. The van der Waals surface area contributed by atoms with Gasteiger partial charge in [-0.2, -0.15) is 4.57 Å². The second kappa shape index (κ2) is 40.0. The molecule has 0 fully saturated rings. The van der Waals surface area contributed by atoms with Crippen LogP contribution in [0.25, 0.3) is 32.9 Å². The minimum absolute atomic E-state index is 0. The molecule has 4 nitrogen and oxygen atoms in total. The van der Waals surface area contributed by atoms with Gasteiger partial charge < -0.3 is 63.9 Å². The standard InChI is InChI=1S/C67H117N4Si2.2HI/c1-9-13-15-17-19-21-23-25-27-29-31-33-35-37-39-44-55-72(5,6)67(73(7,8)56-45-40-38-36-34-32-30-28-26-24-22-20-18-16-14-10-2)71(11-3,12-4)54-46-53-70-65-58-61(69)50-52-63(65)62-51-49-60(68)57-64(62)66(70)59-47-42-41-43-48-59;;/h41-43,47-52,57-58,67,69H,9-40,44-46,53-56,68H2,1-8H3;2*1H/q+1;;/p-1. The second-order valence-corrected chi connectivity index (χ2v) is 35.5. The molecule has 0 aliphatic rings. The number of unbranched alkanes of at least 4 members (excludes halogenated alkanes) is 30. The molecule has 0 saturated carbocycles. The molecule has 75 heavy (non-hydrogen) atoms. The first-order chi connectivity index (χ1) is 35.4. The van der Waals surface area contributed by atoms with Gasteiger partial charge in [0.2, 0.25) is 11.2 Å². The molecule has 0 radical (unpaired) electrons. The molecule has 428 valence electrons. The Labute approximate surface area is 500 Å². The fraction of sp³-hybridized carbons (Fsp3) is 0.716. The van der Waals surface area contributed by atoms with Crippen LogP contribution in [0.3, 0.4) is 0 Å². The van der Waals surface area contributed by atoms with E-state index in [4.69, 9.17) is 11.5 Å². The maximum atomic E-state index is 6.63. The van der Waals surface area contributed by atoms with Crippen molar-refractivity contribution in [1.29, 1.82) is 0 Å². The average Bonchev–Trinajstić information content (AvgIpc) is 3.38. The smallest absolute Gasteiger partial charge is 0.220 e. The van der Waals surface area contributed by atoms with E-state index in [1.807, 2.05) is 0 Å². The zero-order valence-electron chi connectivity index (χ0n) is 50.3. The van der Waals surface area contributed by atoms with Gasteiger partial charge in [-0.1, -0.05) is 282 Å². The third-order valence-corrected chi connectivity index (χ3v) is 29.9. The molecule has 3 aromatic carbocycles. The van der Waals surface area contributed by atoms with E-state index in [0.29, 0.717) is 0 Å². The number of fused-ring (bicyclic) bond motifs is 3. The number of nitrogen functional groups attached to an aromatic ring is 2. The summed E-state index contributed by atoms with van der Waals surface area (Å²) in [5.74, 6) is 0. The number of pyridine rings is 1. The van der Waals surface area contributed by atoms with Crippen LogP contribution in [0, 0.1) is 0 Å². The Kier molecular flexibility index (Phi) is 37.3. The van der Waals surface area contributed by atoms with Gasteiger partial charge in [-0.05, 0) is 50.2 Å². The first-order valence-corrected chi connectivity index (χ1v) is 38.4. The summed E-state index contributed by atoms with van der Waals surface area (Å²) in [4.78, 5) is 0. The third kappa shape index (κ3) is 24.6. The number of aryl methyl sites for hydroxylation is 1.